The highest BCUT2D eigenvalue weighted by atomic mass is 19.1. The second-order valence-corrected chi connectivity index (χ2v) is 12.2. The number of halogens is 1. The summed E-state index contributed by atoms with van der Waals surface area (Å²) < 4.78 is 35.9. The van der Waals surface area contributed by atoms with Crippen molar-refractivity contribution < 1.29 is 18.6 Å². The van der Waals surface area contributed by atoms with Gasteiger partial charge in [0, 0.05) is 44.4 Å². The summed E-state index contributed by atoms with van der Waals surface area (Å²) >= 11 is 0. The molecule has 1 fully saturated rings. The summed E-state index contributed by atoms with van der Waals surface area (Å²) in [5.74, 6) is 2.50. The predicted molar refractivity (Wildman–Crippen MR) is 187 cm³/mol. The Bertz CT molecular complexity index is 1320. The van der Waals surface area contributed by atoms with E-state index >= 15 is 0 Å². The molecule has 0 spiro atoms. The molecule has 2 aromatic carbocycles. The smallest absolute Gasteiger partial charge is 0.150 e. The molecule has 1 aromatic heterocycles. The van der Waals surface area contributed by atoms with Gasteiger partial charge in [-0.15, -0.1) is 0 Å². The topological polar surface area (TPSA) is 55.2 Å². The van der Waals surface area contributed by atoms with Crippen LogP contribution < -0.4 is 14.2 Å². The lowest BCUT2D eigenvalue weighted by atomic mass is 10.1. The molecule has 0 bridgehead atoms. The minimum absolute atomic E-state index is 0.311. The van der Waals surface area contributed by atoms with Gasteiger partial charge in [-0.2, -0.15) is 0 Å². The van der Waals surface area contributed by atoms with Crippen molar-refractivity contribution in [3.63, 3.8) is 0 Å². The Kier molecular flexibility index (Phi) is 14.9. The van der Waals surface area contributed by atoms with Crippen molar-refractivity contribution in [1.29, 1.82) is 0 Å². The number of unbranched alkanes of at least 4 members (excludes halogenated alkanes) is 1. The maximum atomic E-state index is 14.6. The summed E-state index contributed by atoms with van der Waals surface area (Å²) in [4.78, 5) is 12.4. The van der Waals surface area contributed by atoms with Crippen molar-refractivity contribution in [3.8, 4) is 28.6 Å². The summed E-state index contributed by atoms with van der Waals surface area (Å²) in [5, 5.41) is 0. The van der Waals surface area contributed by atoms with E-state index in [0.717, 1.165) is 125 Å². The number of fused-ring (bicyclic) bond motifs is 1. The largest absolute Gasteiger partial charge is 0.493 e. The van der Waals surface area contributed by atoms with Gasteiger partial charge in [-0.1, -0.05) is 41.0 Å². The van der Waals surface area contributed by atoms with Crippen LogP contribution in [-0.2, 0) is 6.54 Å². The molecule has 0 atom stereocenters. The van der Waals surface area contributed by atoms with Crippen LogP contribution in [0.5, 0.6) is 17.2 Å². The van der Waals surface area contributed by atoms with Crippen LogP contribution in [0.25, 0.3) is 22.4 Å². The lowest BCUT2D eigenvalue weighted by Gasteiger charge is -2.18. The number of nitrogens with zero attached hydrogens (tertiary/aromatic N) is 5. The van der Waals surface area contributed by atoms with Crippen molar-refractivity contribution in [2.45, 2.75) is 79.7 Å². The Morgan fingerprint density at radius 1 is 0.739 bits per heavy atom. The third-order valence-electron chi connectivity index (χ3n) is 9.13. The van der Waals surface area contributed by atoms with Gasteiger partial charge in [0.25, 0.3) is 0 Å². The van der Waals surface area contributed by atoms with E-state index in [1.807, 2.05) is 6.07 Å². The quantitative estimate of drug-likeness (QED) is 0.107. The Morgan fingerprint density at radius 3 is 2.04 bits per heavy atom. The van der Waals surface area contributed by atoms with Crippen LogP contribution in [0.1, 0.15) is 73.1 Å². The Morgan fingerprint density at radius 2 is 1.39 bits per heavy atom. The monoisotopic (exact) mass is 639 g/mol. The zero-order valence-corrected chi connectivity index (χ0v) is 29.2. The van der Waals surface area contributed by atoms with Gasteiger partial charge in [0.1, 0.15) is 35.3 Å². The van der Waals surface area contributed by atoms with Crippen molar-refractivity contribution in [3.05, 3.63) is 36.1 Å². The molecule has 256 valence electrons. The van der Waals surface area contributed by atoms with Gasteiger partial charge >= 0.3 is 0 Å². The Hall–Kier alpha value is -2.88. The summed E-state index contributed by atoms with van der Waals surface area (Å²) in [6.45, 7) is 22.7. The molecule has 1 aliphatic rings. The van der Waals surface area contributed by atoms with Crippen LogP contribution in [0, 0.1) is 5.82 Å². The van der Waals surface area contributed by atoms with Crippen LogP contribution in [-0.4, -0.2) is 103 Å². The molecule has 0 aliphatic carbocycles. The van der Waals surface area contributed by atoms with Gasteiger partial charge in [-0.05, 0) is 83.5 Å². The van der Waals surface area contributed by atoms with E-state index in [4.69, 9.17) is 19.2 Å². The highest BCUT2D eigenvalue weighted by molar-refractivity contribution is 5.88. The van der Waals surface area contributed by atoms with E-state index in [9.17, 15) is 4.39 Å². The molecule has 8 nitrogen and oxygen atoms in total. The fourth-order valence-corrected chi connectivity index (χ4v) is 6.23. The number of hydrogen-bond donors (Lipinski definition) is 0. The van der Waals surface area contributed by atoms with Crippen LogP contribution >= 0.6 is 0 Å². The molecule has 1 saturated heterocycles. The van der Waals surface area contributed by atoms with Crippen LogP contribution in [0.3, 0.4) is 0 Å². The molecule has 0 N–H and O–H groups in total. The standard InChI is InChI=1S/C37H58FN5O3/c1-6-11-22-43-33-28-31(44-24-14-20-40(7-2)8-3)29-35(45-25-15-21-41(9-4)10-5)36(33)39-37(43)32-17-16-30(38)27-34(32)46-26-23-42-18-12-13-19-42/h16-17,27-29H,6-15,18-26H2,1-5H3. The number of aryl methyl sites for hydroxylation is 1. The fourth-order valence-electron chi connectivity index (χ4n) is 6.23. The number of rotatable bonds is 22. The molecule has 0 saturated carbocycles. The summed E-state index contributed by atoms with van der Waals surface area (Å²) in [6, 6.07) is 8.90. The van der Waals surface area contributed by atoms with Crippen LogP contribution in [0.4, 0.5) is 4.39 Å². The van der Waals surface area contributed by atoms with E-state index in [0.29, 0.717) is 25.6 Å². The van der Waals surface area contributed by atoms with E-state index < -0.39 is 0 Å². The molecule has 46 heavy (non-hydrogen) atoms. The van der Waals surface area contributed by atoms with E-state index in [-0.39, 0.29) is 5.82 Å². The van der Waals surface area contributed by atoms with Gasteiger partial charge in [0.2, 0.25) is 0 Å². The van der Waals surface area contributed by atoms with Crippen LogP contribution in [0.15, 0.2) is 30.3 Å². The molecule has 0 unspecified atom stereocenters. The first kappa shape index (κ1) is 36.0. The predicted octanol–water partition coefficient (Wildman–Crippen LogP) is 7.34. The zero-order valence-electron chi connectivity index (χ0n) is 29.2. The van der Waals surface area contributed by atoms with Gasteiger partial charge < -0.3 is 28.6 Å². The fraction of sp³-hybridized carbons (Fsp3) is 0.649. The molecular weight excluding hydrogens is 581 g/mol. The highest BCUT2D eigenvalue weighted by Crippen LogP contribution is 2.38. The molecule has 0 radical (unpaired) electrons. The molecule has 9 heteroatoms. The number of ether oxygens (including phenoxy) is 3. The summed E-state index contributed by atoms with van der Waals surface area (Å²) in [7, 11) is 0. The normalized spacial score (nSPS) is 13.8. The average Bonchev–Trinajstić information content (AvgIpc) is 3.72. The maximum Gasteiger partial charge on any atom is 0.150 e. The second kappa shape index (κ2) is 19.1. The maximum absolute atomic E-state index is 14.6. The van der Waals surface area contributed by atoms with Crippen LogP contribution in [0.2, 0.25) is 0 Å². The SMILES string of the molecule is CCCCn1c(-c2ccc(F)cc2OCCN2CCCC2)nc2c(OCCCN(CC)CC)cc(OCCCN(CC)CC)cc21. The number of benzene rings is 2. The zero-order chi connectivity index (χ0) is 32.7. The lowest BCUT2D eigenvalue weighted by Crippen LogP contribution is -2.25. The molecule has 2 heterocycles. The van der Waals surface area contributed by atoms with Gasteiger partial charge in [-0.25, -0.2) is 9.37 Å². The summed E-state index contributed by atoms with van der Waals surface area (Å²) in [6.07, 6.45) is 6.36. The minimum Gasteiger partial charge on any atom is -0.493 e. The Balaban J connectivity index is 1.67. The third kappa shape index (κ3) is 10.1. The first-order valence-electron chi connectivity index (χ1n) is 17.9. The van der Waals surface area contributed by atoms with Crippen molar-refractivity contribution in [1.82, 2.24) is 24.3 Å². The molecule has 4 rings (SSSR count). The Labute approximate surface area is 276 Å². The van der Waals surface area contributed by atoms with E-state index in [2.05, 4.69) is 60.0 Å². The van der Waals surface area contributed by atoms with Gasteiger partial charge in [0.05, 0.1) is 24.3 Å². The first-order valence-corrected chi connectivity index (χ1v) is 17.9. The average molecular weight is 640 g/mol. The molecular formula is C37H58FN5O3. The van der Waals surface area contributed by atoms with Crippen molar-refractivity contribution in [2.24, 2.45) is 0 Å². The number of imidazole rings is 1. The number of aromatic nitrogens is 2. The van der Waals surface area contributed by atoms with Crippen molar-refractivity contribution >= 4 is 11.0 Å². The van der Waals surface area contributed by atoms with E-state index in [1.54, 1.807) is 6.07 Å². The molecule has 1 aliphatic heterocycles. The second-order valence-electron chi connectivity index (χ2n) is 12.2. The van der Waals surface area contributed by atoms with Gasteiger partial charge in [0.15, 0.2) is 5.75 Å². The first-order chi connectivity index (χ1) is 22.5. The van der Waals surface area contributed by atoms with Gasteiger partial charge in [-0.3, -0.25) is 4.90 Å². The lowest BCUT2D eigenvalue weighted by molar-refractivity contribution is 0.237. The number of likely N-dealkylation sites (tertiary alicyclic amines) is 1. The highest BCUT2D eigenvalue weighted by Gasteiger charge is 2.22. The third-order valence-corrected chi connectivity index (χ3v) is 9.13. The summed E-state index contributed by atoms with van der Waals surface area (Å²) in [5.41, 5.74) is 2.57. The molecule has 0 amide bonds. The molecule has 3 aromatic rings. The minimum atomic E-state index is -0.311. The number of hydrogen-bond acceptors (Lipinski definition) is 7. The van der Waals surface area contributed by atoms with Crippen molar-refractivity contribution in [2.75, 3.05) is 78.7 Å². The van der Waals surface area contributed by atoms with E-state index in [1.165, 1.54) is 25.0 Å².